The van der Waals surface area contributed by atoms with E-state index >= 15 is 0 Å². The normalized spacial score (nSPS) is 12.5. The lowest BCUT2D eigenvalue weighted by Gasteiger charge is -2.25. The van der Waals surface area contributed by atoms with E-state index in [0.717, 1.165) is 6.42 Å². The van der Waals surface area contributed by atoms with Crippen LogP contribution < -0.4 is 32.1 Å². The van der Waals surface area contributed by atoms with Gasteiger partial charge in [-0.2, -0.15) is 0 Å². The number of unbranched alkanes of at least 4 members (excludes halogenated alkanes) is 1. The van der Waals surface area contributed by atoms with Gasteiger partial charge in [0.05, 0.1) is 45.3 Å². The second-order valence-electron chi connectivity index (χ2n) is 11.6. The van der Waals surface area contributed by atoms with E-state index in [1.807, 2.05) is 20.8 Å². The van der Waals surface area contributed by atoms with Crippen molar-refractivity contribution in [2.24, 2.45) is 10.9 Å². The lowest BCUT2D eigenvalue weighted by Crippen LogP contribution is -2.55. The molecule has 4 amide bonds. The topological polar surface area (TPSA) is 199 Å². The van der Waals surface area contributed by atoms with E-state index in [0.29, 0.717) is 82.5 Å². The number of nitrogens with one attached hydrogen (secondary N) is 6. The highest BCUT2D eigenvalue weighted by Gasteiger charge is 2.28. The first-order chi connectivity index (χ1) is 24.6. The maximum Gasteiger partial charge on any atom is 0.407 e. The summed E-state index contributed by atoms with van der Waals surface area (Å²) >= 11 is 0. The highest BCUT2D eigenvalue weighted by Crippen LogP contribution is 2.13. The molecule has 0 bridgehead atoms. The number of nitrogens with zero attached hydrogens (tertiary/aromatic N) is 1. The molecule has 0 heterocycles. The Kier molecular flexibility index (Phi) is 25.2. The molecule has 1 aromatic rings. The summed E-state index contributed by atoms with van der Waals surface area (Å²) in [7, 11) is 0. The van der Waals surface area contributed by atoms with Gasteiger partial charge in [-0.1, -0.05) is 52.7 Å². The molecule has 51 heavy (non-hydrogen) atoms. The van der Waals surface area contributed by atoms with Crippen LogP contribution in [0.2, 0.25) is 0 Å². The predicted octanol–water partition coefficient (Wildman–Crippen LogP) is 2.41. The molecule has 0 saturated heterocycles. The van der Waals surface area contributed by atoms with Gasteiger partial charge in [-0.3, -0.25) is 24.2 Å². The van der Waals surface area contributed by atoms with Crippen LogP contribution >= 0.6 is 0 Å². The number of benzene rings is 1. The Balaban J connectivity index is 2.52. The Morgan fingerprint density at radius 2 is 1.59 bits per heavy atom. The zero-order valence-corrected chi connectivity index (χ0v) is 30.8. The van der Waals surface area contributed by atoms with E-state index in [-0.39, 0.29) is 31.6 Å². The van der Waals surface area contributed by atoms with Gasteiger partial charge in [0.2, 0.25) is 17.7 Å². The van der Waals surface area contributed by atoms with Crippen LogP contribution in [0.15, 0.2) is 41.2 Å². The van der Waals surface area contributed by atoms with E-state index in [2.05, 4.69) is 43.8 Å². The number of anilines is 1. The zero-order chi connectivity index (χ0) is 37.7. The molecule has 0 aromatic heterocycles. The number of hydroxylamine groups is 1. The number of aliphatic imine (C=N–C) groups is 1. The monoisotopic (exact) mass is 721 g/mol. The Labute approximate surface area is 302 Å². The van der Waals surface area contributed by atoms with Crippen LogP contribution in [0.3, 0.4) is 0 Å². The molecule has 1 unspecified atom stereocenters. The van der Waals surface area contributed by atoms with Crippen molar-refractivity contribution in [1.82, 2.24) is 26.7 Å². The van der Waals surface area contributed by atoms with Crippen molar-refractivity contribution in [1.29, 1.82) is 0 Å². The molecule has 6 N–H and O–H groups in total. The first kappa shape index (κ1) is 44.9. The molecule has 16 heteroatoms. The zero-order valence-electron chi connectivity index (χ0n) is 30.8. The van der Waals surface area contributed by atoms with E-state index in [1.54, 1.807) is 44.3 Å². The van der Waals surface area contributed by atoms with Gasteiger partial charge in [-0.05, 0) is 43.7 Å². The lowest BCUT2D eigenvalue weighted by molar-refractivity contribution is -0.135. The van der Waals surface area contributed by atoms with Crippen LogP contribution in [0.25, 0.3) is 0 Å². The third-order valence-electron chi connectivity index (χ3n) is 7.01. The SMILES string of the molecule is C=N/C(=C\NCCOCCOCCOCC)CNC(=O)OCc1ccc(NC(=O)C(CCCC)NC(=O)[C@@H](NC(=O)CONCC)C(C)C)cc1. The van der Waals surface area contributed by atoms with Gasteiger partial charge in [0.1, 0.15) is 25.3 Å². The standard InChI is InChI=1S/C35H59N7O9/c1-7-10-11-30(41-34(45)32(26(4)5)42-31(43)25-51-39-8-2)33(44)40-28-14-12-27(13-15-28)24-50-35(46)38-23-29(36-6)22-37-16-17-48-20-21-49-19-18-47-9-3/h12-15,22,26,30,32,37,39H,6-11,16-21,23-25H2,1-5H3,(H,38,46)(H,40,44)(H,41,45)(H,42,43)/b29-22-/t30?,32-/m0/s1. The Morgan fingerprint density at radius 1 is 0.902 bits per heavy atom. The second-order valence-corrected chi connectivity index (χ2v) is 11.6. The first-order valence-corrected chi connectivity index (χ1v) is 17.5. The van der Waals surface area contributed by atoms with Gasteiger partial charge < -0.3 is 45.5 Å². The fourth-order valence-corrected chi connectivity index (χ4v) is 4.24. The Bertz CT molecular complexity index is 1180. The molecule has 1 aromatic carbocycles. The molecule has 0 aliphatic carbocycles. The fraction of sp³-hybridized carbons (Fsp3) is 0.629. The number of hydrogen-bond acceptors (Lipinski definition) is 12. The highest BCUT2D eigenvalue weighted by molar-refractivity contribution is 5.98. The van der Waals surface area contributed by atoms with Crippen molar-refractivity contribution in [3.05, 3.63) is 41.7 Å². The van der Waals surface area contributed by atoms with Crippen LogP contribution in [0, 0.1) is 5.92 Å². The van der Waals surface area contributed by atoms with Crippen molar-refractivity contribution < 1.29 is 43.0 Å². The van der Waals surface area contributed by atoms with E-state index in [9.17, 15) is 19.2 Å². The van der Waals surface area contributed by atoms with Crippen LogP contribution in [0.5, 0.6) is 0 Å². The van der Waals surface area contributed by atoms with Crippen LogP contribution in [-0.2, 0) is 44.8 Å². The van der Waals surface area contributed by atoms with E-state index in [1.165, 1.54) is 0 Å². The summed E-state index contributed by atoms with van der Waals surface area (Å²) in [6, 6.07) is 5.15. The average Bonchev–Trinajstić information content (AvgIpc) is 3.12. The maximum absolute atomic E-state index is 13.2. The first-order valence-electron chi connectivity index (χ1n) is 17.5. The summed E-state index contributed by atoms with van der Waals surface area (Å²) in [5.74, 6) is -1.51. The van der Waals surface area contributed by atoms with Gasteiger partial charge >= 0.3 is 6.09 Å². The summed E-state index contributed by atoms with van der Waals surface area (Å²) in [6.07, 6.45) is 2.97. The average molecular weight is 722 g/mol. The molecule has 0 aliphatic rings. The summed E-state index contributed by atoms with van der Waals surface area (Å²) in [4.78, 5) is 59.8. The Morgan fingerprint density at radius 3 is 2.22 bits per heavy atom. The third kappa shape index (κ3) is 21.7. The van der Waals surface area contributed by atoms with Gasteiger partial charge in [0, 0.05) is 31.6 Å². The van der Waals surface area contributed by atoms with Gasteiger partial charge in [0.25, 0.3) is 0 Å². The number of ether oxygens (including phenoxy) is 4. The fourth-order valence-electron chi connectivity index (χ4n) is 4.24. The van der Waals surface area contributed by atoms with Crippen molar-refractivity contribution in [3.63, 3.8) is 0 Å². The molecule has 288 valence electrons. The molecule has 1 rings (SSSR count). The molecular weight excluding hydrogens is 662 g/mol. The maximum atomic E-state index is 13.2. The number of hydrogen-bond donors (Lipinski definition) is 6. The number of carbonyl (C=O) groups is 4. The molecule has 0 fully saturated rings. The Hall–Kier alpha value is -4.09. The van der Waals surface area contributed by atoms with Crippen molar-refractivity contribution in [2.75, 3.05) is 71.2 Å². The third-order valence-corrected chi connectivity index (χ3v) is 7.01. The van der Waals surface area contributed by atoms with Gasteiger partial charge in [0.15, 0.2) is 0 Å². The predicted molar refractivity (Wildman–Crippen MR) is 195 cm³/mol. The van der Waals surface area contributed by atoms with E-state index in [4.69, 9.17) is 23.8 Å². The van der Waals surface area contributed by atoms with Gasteiger partial charge in [-0.25, -0.2) is 10.3 Å². The van der Waals surface area contributed by atoms with Crippen LogP contribution in [-0.4, -0.2) is 108 Å². The molecule has 0 aliphatic heterocycles. The van der Waals surface area contributed by atoms with Crippen molar-refractivity contribution in [3.8, 4) is 0 Å². The van der Waals surface area contributed by atoms with Crippen molar-refractivity contribution >= 4 is 36.2 Å². The number of amides is 4. The minimum absolute atomic E-state index is 0.00258. The molecule has 16 nitrogen and oxygen atoms in total. The van der Waals surface area contributed by atoms with Gasteiger partial charge in [-0.15, -0.1) is 0 Å². The quantitative estimate of drug-likeness (QED) is 0.0404. The molecule has 0 saturated carbocycles. The van der Waals surface area contributed by atoms with Crippen LogP contribution in [0.4, 0.5) is 10.5 Å². The molecule has 2 atom stereocenters. The summed E-state index contributed by atoms with van der Waals surface area (Å²) in [5, 5.41) is 14.0. The minimum atomic E-state index is -0.846. The largest absolute Gasteiger partial charge is 0.445 e. The lowest BCUT2D eigenvalue weighted by atomic mass is 10.0. The minimum Gasteiger partial charge on any atom is -0.445 e. The van der Waals surface area contributed by atoms with E-state index < -0.39 is 30.0 Å². The molecular formula is C35H59N7O9. The highest BCUT2D eigenvalue weighted by atomic mass is 16.6. The summed E-state index contributed by atoms with van der Waals surface area (Å²) in [5.41, 5.74) is 4.31. The number of rotatable bonds is 29. The van der Waals surface area contributed by atoms with Crippen molar-refractivity contribution in [2.45, 2.75) is 72.6 Å². The summed E-state index contributed by atoms with van der Waals surface area (Å²) in [6.45, 7) is 17.1. The molecule has 0 spiro atoms. The second kappa shape index (κ2) is 28.6. The van der Waals surface area contributed by atoms with Crippen LogP contribution in [0.1, 0.15) is 59.4 Å². The number of alkyl carbamates (subject to hydrolysis) is 1. The summed E-state index contributed by atoms with van der Waals surface area (Å²) < 4.78 is 21.4. The number of carbonyl (C=O) groups excluding carboxylic acids is 4. The smallest absolute Gasteiger partial charge is 0.407 e. The molecule has 0 radical (unpaired) electrons.